The minimum atomic E-state index is -0.409. The van der Waals surface area contributed by atoms with Gasteiger partial charge in [-0.05, 0) is 12.3 Å². The quantitative estimate of drug-likeness (QED) is 0.646. The standard InChI is InChI=1S/C11H18ClNO3/c1-8-6-13(3-2-9(8)12)11(14)10-7-15-4-5-16-10/h8-10H,2-7H2,1H3. The van der Waals surface area contributed by atoms with Crippen molar-refractivity contribution in [1.29, 1.82) is 0 Å². The number of amides is 1. The van der Waals surface area contributed by atoms with Crippen molar-refractivity contribution in [2.45, 2.75) is 24.8 Å². The fraction of sp³-hybridized carbons (Fsp3) is 0.909. The maximum Gasteiger partial charge on any atom is 0.254 e. The first-order chi connectivity index (χ1) is 7.68. The van der Waals surface area contributed by atoms with Crippen LogP contribution in [0, 0.1) is 5.92 Å². The fourth-order valence-corrected chi connectivity index (χ4v) is 2.33. The second-order valence-corrected chi connectivity index (χ2v) is 5.06. The predicted octanol–water partition coefficient (Wildman–Crippen LogP) is 0.878. The third kappa shape index (κ3) is 2.67. The summed E-state index contributed by atoms with van der Waals surface area (Å²) in [6.07, 6.45) is 0.454. The van der Waals surface area contributed by atoms with Crippen molar-refractivity contribution in [2.75, 3.05) is 32.9 Å². The number of carbonyl (C=O) groups is 1. The number of hydrogen-bond acceptors (Lipinski definition) is 3. The van der Waals surface area contributed by atoms with Crippen LogP contribution in [0.5, 0.6) is 0 Å². The van der Waals surface area contributed by atoms with E-state index in [-0.39, 0.29) is 11.3 Å². The molecule has 0 radical (unpaired) electrons. The molecule has 0 aromatic rings. The highest BCUT2D eigenvalue weighted by Crippen LogP contribution is 2.22. The third-order valence-electron chi connectivity index (χ3n) is 3.20. The van der Waals surface area contributed by atoms with Gasteiger partial charge in [0.05, 0.1) is 19.8 Å². The summed E-state index contributed by atoms with van der Waals surface area (Å²) in [7, 11) is 0. The smallest absolute Gasteiger partial charge is 0.254 e. The Bertz CT molecular complexity index is 256. The summed E-state index contributed by atoms with van der Waals surface area (Å²) in [5.74, 6) is 0.402. The van der Waals surface area contributed by atoms with Gasteiger partial charge in [0.2, 0.25) is 0 Å². The second-order valence-electron chi connectivity index (χ2n) is 4.50. The molecule has 1 amide bonds. The van der Waals surface area contributed by atoms with Gasteiger partial charge < -0.3 is 14.4 Å². The van der Waals surface area contributed by atoms with Crippen molar-refractivity contribution < 1.29 is 14.3 Å². The summed E-state index contributed by atoms with van der Waals surface area (Å²) < 4.78 is 10.6. The first-order valence-corrected chi connectivity index (χ1v) is 6.24. The van der Waals surface area contributed by atoms with Crippen molar-refractivity contribution in [3.8, 4) is 0 Å². The first-order valence-electron chi connectivity index (χ1n) is 5.80. The molecule has 0 aromatic heterocycles. The summed E-state index contributed by atoms with van der Waals surface area (Å²) in [6.45, 7) is 5.02. The van der Waals surface area contributed by atoms with Crippen molar-refractivity contribution in [2.24, 2.45) is 5.92 Å². The van der Waals surface area contributed by atoms with Gasteiger partial charge >= 0.3 is 0 Å². The average molecular weight is 248 g/mol. The zero-order valence-electron chi connectivity index (χ0n) is 9.52. The molecule has 16 heavy (non-hydrogen) atoms. The molecule has 2 saturated heterocycles. The van der Waals surface area contributed by atoms with E-state index in [9.17, 15) is 4.79 Å². The summed E-state index contributed by atoms with van der Waals surface area (Å²) in [5, 5.41) is 0.188. The monoisotopic (exact) mass is 247 g/mol. The molecule has 0 saturated carbocycles. The zero-order valence-corrected chi connectivity index (χ0v) is 10.3. The van der Waals surface area contributed by atoms with Crippen LogP contribution in [-0.4, -0.2) is 55.2 Å². The lowest BCUT2D eigenvalue weighted by Crippen LogP contribution is -2.50. The van der Waals surface area contributed by atoms with Gasteiger partial charge in [0.15, 0.2) is 6.10 Å². The van der Waals surface area contributed by atoms with E-state index >= 15 is 0 Å². The molecular weight excluding hydrogens is 230 g/mol. The molecule has 0 spiro atoms. The normalized spacial score (nSPS) is 36.1. The van der Waals surface area contributed by atoms with Gasteiger partial charge in [-0.2, -0.15) is 0 Å². The van der Waals surface area contributed by atoms with Crippen LogP contribution in [0.3, 0.4) is 0 Å². The van der Waals surface area contributed by atoms with Crippen LogP contribution in [0.25, 0.3) is 0 Å². The number of ether oxygens (including phenoxy) is 2. The van der Waals surface area contributed by atoms with E-state index in [1.807, 2.05) is 4.90 Å². The number of halogens is 1. The molecule has 2 aliphatic rings. The highest BCUT2D eigenvalue weighted by molar-refractivity contribution is 6.20. The lowest BCUT2D eigenvalue weighted by molar-refractivity contribution is -0.159. The third-order valence-corrected chi connectivity index (χ3v) is 3.85. The molecule has 2 rings (SSSR count). The minimum absolute atomic E-state index is 0.0510. The lowest BCUT2D eigenvalue weighted by atomic mass is 9.99. The largest absolute Gasteiger partial charge is 0.376 e. The SMILES string of the molecule is CC1CN(C(=O)C2COCCO2)CCC1Cl. The number of piperidine rings is 1. The maximum atomic E-state index is 12.1. The molecule has 5 heteroatoms. The van der Waals surface area contributed by atoms with Gasteiger partial charge in [-0.1, -0.05) is 6.92 Å². The van der Waals surface area contributed by atoms with Crippen molar-refractivity contribution in [1.82, 2.24) is 4.90 Å². The Morgan fingerprint density at radius 3 is 2.88 bits per heavy atom. The summed E-state index contributed by atoms with van der Waals surface area (Å²) in [4.78, 5) is 13.9. The molecule has 0 bridgehead atoms. The van der Waals surface area contributed by atoms with E-state index in [4.69, 9.17) is 21.1 Å². The van der Waals surface area contributed by atoms with Crippen molar-refractivity contribution in [3.05, 3.63) is 0 Å². The topological polar surface area (TPSA) is 38.8 Å². The van der Waals surface area contributed by atoms with Crippen LogP contribution < -0.4 is 0 Å². The number of carbonyl (C=O) groups excluding carboxylic acids is 1. The van der Waals surface area contributed by atoms with E-state index in [2.05, 4.69) is 6.92 Å². The number of nitrogens with zero attached hydrogens (tertiary/aromatic N) is 1. The maximum absolute atomic E-state index is 12.1. The van der Waals surface area contributed by atoms with Gasteiger partial charge in [-0.25, -0.2) is 0 Å². The number of likely N-dealkylation sites (tertiary alicyclic amines) is 1. The van der Waals surface area contributed by atoms with E-state index in [1.54, 1.807) is 0 Å². The van der Waals surface area contributed by atoms with Crippen LogP contribution in [0.4, 0.5) is 0 Å². The van der Waals surface area contributed by atoms with Crippen molar-refractivity contribution >= 4 is 17.5 Å². The van der Waals surface area contributed by atoms with Crippen LogP contribution >= 0.6 is 11.6 Å². The molecule has 92 valence electrons. The summed E-state index contributed by atoms with van der Waals surface area (Å²) in [6, 6.07) is 0. The average Bonchev–Trinajstić information content (AvgIpc) is 2.33. The van der Waals surface area contributed by atoms with E-state index in [1.165, 1.54) is 0 Å². The van der Waals surface area contributed by atoms with E-state index < -0.39 is 6.10 Å². The van der Waals surface area contributed by atoms with Crippen LogP contribution in [0.1, 0.15) is 13.3 Å². The number of hydrogen-bond donors (Lipinski definition) is 0. The fourth-order valence-electron chi connectivity index (χ4n) is 2.15. The Hall–Kier alpha value is -0.320. The van der Waals surface area contributed by atoms with Crippen LogP contribution in [-0.2, 0) is 14.3 Å². The Balaban J connectivity index is 1.89. The molecule has 4 nitrogen and oxygen atoms in total. The Kier molecular flexibility index (Phi) is 4.05. The Labute approximate surface area is 101 Å². The van der Waals surface area contributed by atoms with Crippen LogP contribution in [0.15, 0.2) is 0 Å². The molecule has 0 aromatic carbocycles. The molecule has 0 aliphatic carbocycles. The molecule has 2 aliphatic heterocycles. The predicted molar refractivity (Wildman–Crippen MR) is 60.6 cm³/mol. The van der Waals surface area contributed by atoms with Crippen LogP contribution in [0.2, 0.25) is 0 Å². The number of alkyl halides is 1. The van der Waals surface area contributed by atoms with Gasteiger partial charge in [-0.15, -0.1) is 11.6 Å². The van der Waals surface area contributed by atoms with Gasteiger partial charge in [-0.3, -0.25) is 4.79 Å². The molecule has 0 N–H and O–H groups in total. The first kappa shape index (κ1) is 12.1. The molecule has 3 unspecified atom stereocenters. The molecule has 2 heterocycles. The van der Waals surface area contributed by atoms with Gasteiger partial charge in [0.25, 0.3) is 5.91 Å². The summed E-state index contributed by atoms with van der Waals surface area (Å²) >= 11 is 6.13. The molecule has 3 atom stereocenters. The molecular formula is C11H18ClNO3. The van der Waals surface area contributed by atoms with E-state index in [0.717, 1.165) is 19.5 Å². The Morgan fingerprint density at radius 1 is 1.44 bits per heavy atom. The zero-order chi connectivity index (χ0) is 11.5. The molecule has 2 fully saturated rings. The lowest BCUT2D eigenvalue weighted by Gasteiger charge is -2.36. The highest BCUT2D eigenvalue weighted by atomic mass is 35.5. The minimum Gasteiger partial charge on any atom is -0.376 e. The number of rotatable bonds is 1. The Morgan fingerprint density at radius 2 is 2.25 bits per heavy atom. The van der Waals surface area contributed by atoms with E-state index in [0.29, 0.717) is 25.7 Å². The highest BCUT2D eigenvalue weighted by Gasteiger charge is 2.32. The van der Waals surface area contributed by atoms with Gasteiger partial charge in [0, 0.05) is 18.5 Å². The van der Waals surface area contributed by atoms with Gasteiger partial charge in [0.1, 0.15) is 0 Å². The van der Waals surface area contributed by atoms with Crippen molar-refractivity contribution in [3.63, 3.8) is 0 Å². The summed E-state index contributed by atoms with van der Waals surface area (Å²) in [5.41, 5.74) is 0. The second kappa shape index (κ2) is 5.34.